The number of halogens is 11. The van der Waals surface area contributed by atoms with Gasteiger partial charge in [-0.05, 0) is 260 Å². The Kier molecular flexibility index (Phi) is 41.2. The summed E-state index contributed by atoms with van der Waals surface area (Å²) in [6.45, 7) is 19.5. The van der Waals surface area contributed by atoms with Gasteiger partial charge in [0, 0.05) is 66.4 Å². The molecule has 12 aromatic rings. The highest BCUT2D eigenvalue weighted by Gasteiger charge is 2.51. The van der Waals surface area contributed by atoms with Crippen molar-refractivity contribution in [3.8, 4) is 0 Å². The number of hydrogen-bond acceptors (Lipinski definition) is 20. The Labute approximate surface area is 923 Å². The molecule has 8 heterocycles. The van der Waals surface area contributed by atoms with E-state index in [-0.39, 0.29) is 175 Å². The summed E-state index contributed by atoms with van der Waals surface area (Å²) < 4.78 is 129. The highest BCUT2D eigenvalue weighted by atomic mass is 79.9. The Balaban J connectivity index is 0.000000164. The Morgan fingerprint density at radius 2 is 0.723 bits per heavy atom. The van der Waals surface area contributed by atoms with E-state index in [1.165, 1.54) is 78.2 Å². The fourth-order valence-corrected chi connectivity index (χ4v) is 31.5. The molecule has 3 saturated heterocycles. The van der Waals surface area contributed by atoms with E-state index in [1.807, 2.05) is 24.8 Å². The first kappa shape index (κ1) is 117. The van der Waals surface area contributed by atoms with Crippen LogP contribution in [0.3, 0.4) is 0 Å². The normalized spacial score (nSPS) is 15.8. The van der Waals surface area contributed by atoms with E-state index in [0.717, 1.165) is 75.6 Å². The van der Waals surface area contributed by atoms with Crippen molar-refractivity contribution in [2.45, 2.75) is 178 Å². The molecular formula is C107H109BrCl10N10O15S5. The number of amides is 5. The number of aryl methyl sites for hydroxylation is 2. The topological polar surface area (TPSA) is 354 Å². The van der Waals surface area contributed by atoms with E-state index in [2.05, 4.69) is 98.2 Å². The van der Waals surface area contributed by atoms with Gasteiger partial charge in [-0.15, -0.1) is 0 Å². The van der Waals surface area contributed by atoms with Gasteiger partial charge < -0.3 is 25.3 Å². The van der Waals surface area contributed by atoms with Crippen molar-refractivity contribution < 1.29 is 66.1 Å². The standard InChI is InChI=1S/C23H26Cl2N2O3S.C23H22Cl2N2O3S.C21H16Cl4N2O3S.C21H24Cl2N2O3S.C19H21BrN2O3S/c1-22(2)10-16-11-23(3,13-22)14-27(16)21(28)19-9-4-6-15(26-19)12-31(29,30)20-17(24)7-5-8-18(20)25;1-15-9-10-17(16(2)13-15)11-12-26-23(28)21-8-3-5-18(27-21)14-31(29,30)22-19(24)6-4-7-20(22)25;22-15-5-2-6-16(23)14(15)10-11-26-21(28)19-9-1-4-13(27-19)12-31(29,30)20-17(24)7-3-8-18(20)25;1-2-5-15-10-12-25(13-11-15)21(26)19-9-3-6-16(24-19)14-29(27,28)20-17(22)7-4-8-18(20)23;1-14-9-11-22(12-10-14)19(23)17-7-4-5-15(21-17)13-26(24,25)18-8-3-2-6-16(18)20/h4-9,16H,10-14H2,1-3H3;3-10,13H,11-12,14H2,1-2H3,(H,26,28);1-9H,10-12H2,(H,26,28);3-4,6-9,15H,2,5,10-14H2,1H3;2-8,14H,9-13H2,1H3/t16-,23-;;;;/m1..../s1. The van der Waals surface area contributed by atoms with Crippen LogP contribution in [0.25, 0.3) is 0 Å². The summed E-state index contributed by atoms with van der Waals surface area (Å²) in [7, 11) is -18.9. The number of nitrogens with zero attached hydrogens (tertiary/aromatic N) is 8. The van der Waals surface area contributed by atoms with Crippen LogP contribution < -0.4 is 10.6 Å². The molecule has 3 aliphatic heterocycles. The van der Waals surface area contributed by atoms with Crippen LogP contribution in [0.2, 0.25) is 50.2 Å². The number of benzene rings is 7. The number of aromatic nitrogens is 5. The molecule has 5 amide bonds. The third-order valence-corrected chi connectivity index (χ3v) is 38.9. The SMILES string of the molecule is CC1(C)C[C@@H]2C[C@@](C)(CN2C(=O)c2cccc(CS(=O)(=O)c3c(Cl)cccc3Cl)n2)C1.CC1CCN(C(=O)c2cccc(CS(=O)(=O)c3ccccc3Br)n2)CC1.CCCC1CCN(C(=O)c2cccc(CS(=O)(=O)c3c(Cl)cccc3Cl)n2)CC1.Cc1ccc(CCNC(=O)c2cccc(CS(=O)(=O)c3c(Cl)cccc3Cl)n2)c(C)c1.O=C(NCCc1c(Cl)cccc1Cl)c1cccc(CS(=O)(=O)c2c(Cl)cccc2Cl)n1. The van der Waals surface area contributed by atoms with Gasteiger partial charge in [-0.25, -0.2) is 67.0 Å². The van der Waals surface area contributed by atoms with Gasteiger partial charge in [0.1, 0.15) is 48.1 Å². The maximum atomic E-state index is 13.3. The van der Waals surface area contributed by atoms with Crippen LogP contribution in [0.4, 0.5) is 0 Å². The molecule has 0 spiro atoms. The number of fused-ring (bicyclic) bond motifs is 2. The molecule has 41 heteroatoms. The van der Waals surface area contributed by atoms with Crippen molar-refractivity contribution >= 4 is 211 Å². The van der Waals surface area contributed by atoms with E-state index >= 15 is 0 Å². The first-order valence-corrected chi connectivity index (χ1v) is 60.2. The van der Waals surface area contributed by atoms with E-state index in [9.17, 15) is 66.1 Å². The molecule has 1 aliphatic carbocycles. The zero-order valence-electron chi connectivity index (χ0n) is 81.8. The molecule has 16 rings (SSSR count). The number of pyridine rings is 5. The van der Waals surface area contributed by atoms with Crippen LogP contribution in [0.15, 0.2) is 253 Å². The molecule has 5 aromatic heterocycles. The molecule has 4 fully saturated rings. The second-order valence-electron chi connectivity index (χ2n) is 37.8. The molecule has 4 aliphatic rings. The van der Waals surface area contributed by atoms with Gasteiger partial charge in [-0.1, -0.05) is 260 Å². The van der Waals surface area contributed by atoms with Gasteiger partial charge in [-0.3, -0.25) is 24.0 Å². The molecule has 0 unspecified atom stereocenters. The zero-order chi connectivity index (χ0) is 108. The predicted molar refractivity (Wildman–Crippen MR) is 588 cm³/mol. The average Bonchev–Trinajstić information content (AvgIpc) is 1.60. The van der Waals surface area contributed by atoms with Crippen LogP contribution in [0.5, 0.6) is 0 Å². The lowest BCUT2D eigenvalue weighted by Gasteiger charge is -2.39. The van der Waals surface area contributed by atoms with Gasteiger partial charge in [0.2, 0.25) is 0 Å². The molecule has 7 aromatic carbocycles. The lowest BCUT2D eigenvalue weighted by Crippen LogP contribution is -2.38. The molecule has 1 saturated carbocycles. The van der Waals surface area contributed by atoms with Crippen LogP contribution in [0.1, 0.15) is 196 Å². The number of sulfone groups is 5. The van der Waals surface area contributed by atoms with Crippen LogP contribution in [-0.4, -0.2) is 163 Å². The zero-order valence-corrected chi connectivity index (χ0v) is 95.0. The first-order valence-electron chi connectivity index (χ1n) is 47.3. The van der Waals surface area contributed by atoms with Gasteiger partial charge in [0.05, 0.1) is 102 Å². The predicted octanol–water partition coefficient (Wildman–Crippen LogP) is 24.7. The van der Waals surface area contributed by atoms with Crippen molar-refractivity contribution in [2.75, 3.05) is 45.8 Å². The fourth-order valence-electron chi connectivity index (χ4n) is 18.5. The monoisotopic (exact) mass is 2360 g/mol. The number of carbonyl (C=O) groups excluding carboxylic acids is 5. The van der Waals surface area contributed by atoms with Crippen molar-refractivity contribution in [3.05, 3.63) is 358 Å². The Hall–Kier alpha value is -9.23. The maximum absolute atomic E-state index is 13.3. The molecular weight excluding hydrogens is 2260 g/mol. The van der Waals surface area contributed by atoms with Gasteiger partial charge >= 0.3 is 0 Å². The Morgan fingerprint density at radius 3 is 1.09 bits per heavy atom. The van der Waals surface area contributed by atoms with Gasteiger partial charge in [0.15, 0.2) is 49.2 Å². The largest absolute Gasteiger partial charge is 0.350 e. The lowest BCUT2D eigenvalue weighted by atomic mass is 9.65. The molecule has 2 bridgehead atoms. The van der Waals surface area contributed by atoms with E-state index in [4.69, 9.17) is 116 Å². The van der Waals surface area contributed by atoms with Crippen LogP contribution in [-0.2, 0) is 90.8 Å². The summed E-state index contributed by atoms with van der Waals surface area (Å²) in [5.74, 6) is -1.80. The number of hydrogen-bond donors (Lipinski definition) is 2. The Morgan fingerprint density at radius 1 is 0.392 bits per heavy atom. The first-order chi connectivity index (χ1) is 69.9. The summed E-state index contributed by atoms with van der Waals surface area (Å²) in [4.78, 5) is 90.4. The molecule has 25 nitrogen and oxygen atoms in total. The summed E-state index contributed by atoms with van der Waals surface area (Å²) in [6, 6.07) is 60.4. The summed E-state index contributed by atoms with van der Waals surface area (Å²) >= 11 is 64.0. The number of likely N-dealkylation sites (tertiary alicyclic amines) is 3. The minimum atomic E-state index is -3.87. The van der Waals surface area contributed by atoms with E-state index in [0.29, 0.717) is 76.8 Å². The van der Waals surface area contributed by atoms with Crippen molar-refractivity contribution in [1.29, 1.82) is 0 Å². The van der Waals surface area contributed by atoms with Gasteiger partial charge in [0.25, 0.3) is 29.5 Å². The number of carbonyl (C=O) groups is 5. The molecule has 148 heavy (non-hydrogen) atoms. The quantitative estimate of drug-likeness (QED) is 0.0460. The third-order valence-electron chi connectivity index (χ3n) is 25.2. The second kappa shape index (κ2) is 51.9. The van der Waals surface area contributed by atoms with Crippen LogP contribution in [0, 0.1) is 36.5 Å². The summed E-state index contributed by atoms with van der Waals surface area (Å²) in [6.07, 6.45) is 10.5. The van der Waals surface area contributed by atoms with Crippen LogP contribution >= 0.6 is 132 Å². The van der Waals surface area contributed by atoms with E-state index in [1.54, 1.807) is 155 Å². The van der Waals surface area contributed by atoms with Crippen molar-refractivity contribution in [1.82, 2.24) is 50.3 Å². The number of piperidine rings is 2. The number of rotatable bonds is 28. The average molecular weight is 2370 g/mol. The van der Waals surface area contributed by atoms with Crippen molar-refractivity contribution in [3.63, 3.8) is 0 Å². The third kappa shape index (κ3) is 31.8. The molecule has 0 radical (unpaired) electrons. The molecule has 2 atom stereocenters. The highest BCUT2D eigenvalue weighted by Crippen LogP contribution is 2.53. The summed E-state index contributed by atoms with van der Waals surface area (Å²) in [5.41, 5.74) is 7.03. The molecule has 784 valence electrons. The Bertz CT molecular complexity index is 7440. The van der Waals surface area contributed by atoms with E-state index < -0.39 is 66.6 Å². The summed E-state index contributed by atoms with van der Waals surface area (Å²) in [5, 5.41) is 7.03. The minimum absolute atomic E-state index is 0.0274. The highest BCUT2D eigenvalue weighted by molar-refractivity contribution is 9.10. The second-order valence-corrected chi connectivity index (χ2v) is 52.4. The lowest BCUT2D eigenvalue weighted by molar-refractivity contribution is 0.0676. The number of nitrogens with one attached hydrogen (secondary N) is 2. The minimum Gasteiger partial charge on any atom is -0.350 e. The fraction of sp³-hybridized carbons (Fsp3) is 0.327. The molecule has 2 N–H and O–H groups in total. The van der Waals surface area contributed by atoms with Crippen molar-refractivity contribution in [2.24, 2.45) is 22.7 Å². The maximum Gasteiger partial charge on any atom is 0.272 e. The van der Waals surface area contributed by atoms with Gasteiger partial charge in [-0.2, -0.15) is 0 Å². The smallest absolute Gasteiger partial charge is 0.272 e.